The summed E-state index contributed by atoms with van der Waals surface area (Å²) in [6, 6.07) is 0. The minimum atomic E-state index is -0.315. The van der Waals surface area contributed by atoms with Gasteiger partial charge < -0.3 is 14.8 Å². The van der Waals surface area contributed by atoms with E-state index in [0.717, 1.165) is 12.8 Å². The van der Waals surface area contributed by atoms with Gasteiger partial charge in [-0.2, -0.15) is 0 Å². The van der Waals surface area contributed by atoms with Crippen molar-refractivity contribution in [3.8, 4) is 0 Å². The number of carbonyl (C=O) groups excluding carboxylic acids is 2. The fraction of sp³-hybridized carbons (Fsp3) is 0.875. The van der Waals surface area contributed by atoms with Crippen molar-refractivity contribution in [2.24, 2.45) is 0 Å². The summed E-state index contributed by atoms with van der Waals surface area (Å²) < 4.78 is 4.48. The molecule has 118 valence electrons. The number of hydrogen-bond donors (Lipinski definition) is 0. The second-order valence-electron chi connectivity index (χ2n) is 5.18. The van der Waals surface area contributed by atoms with Crippen LogP contribution in [0, 0.1) is 0 Å². The van der Waals surface area contributed by atoms with Gasteiger partial charge in [0.15, 0.2) is 0 Å². The number of carbonyl (C=O) groups is 2. The Bertz CT molecular complexity index is 260. The molecule has 0 rings (SSSR count). The van der Waals surface area contributed by atoms with E-state index >= 15 is 0 Å². The van der Waals surface area contributed by atoms with Crippen LogP contribution in [0.4, 0.5) is 0 Å². The van der Waals surface area contributed by atoms with Crippen molar-refractivity contribution in [3.05, 3.63) is 5.32 Å². The second kappa shape index (κ2) is 18.0. The normalized spacial score (nSPS) is 9.81. The van der Waals surface area contributed by atoms with Crippen molar-refractivity contribution in [2.75, 3.05) is 13.7 Å². The van der Waals surface area contributed by atoms with E-state index in [-0.39, 0.29) is 54.4 Å². The van der Waals surface area contributed by atoms with Gasteiger partial charge in [0.05, 0.1) is 13.0 Å². The van der Waals surface area contributed by atoms with Gasteiger partial charge in [-0.15, -0.1) is 6.54 Å². The van der Waals surface area contributed by atoms with Crippen LogP contribution in [0.1, 0.15) is 77.6 Å². The molecule has 4 nitrogen and oxygen atoms in total. The molecule has 0 aromatic heterocycles. The van der Waals surface area contributed by atoms with Gasteiger partial charge in [0.1, 0.15) is 0 Å². The van der Waals surface area contributed by atoms with E-state index < -0.39 is 0 Å². The molecule has 0 bridgehead atoms. The Hall–Kier alpha value is -0.0600. The van der Waals surface area contributed by atoms with E-state index in [4.69, 9.17) is 0 Å². The SMILES string of the molecule is CCCCCCCCCCCC(=O)[N-]CCC(=O)OC.[Na+]. The molecule has 0 radical (unpaired) electrons. The number of hydrogen-bond acceptors (Lipinski definition) is 3. The number of unbranched alkanes of at least 4 members (excludes halogenated alkanes) is 8. The number of ether oxygens (including phenoxy) is 1. The van der Waals surface area contributed by atoms with Crippen LogP contribution in [-0.2, 0) is 14.3 Å². The monoisotopic (exact) mass is 307 g/mol. The molecule has 0 aliphatic heterocycles. The van der Waals surface area contributed by atoms with Crippen molar-refractivity contribution in [3.63, 3.8) is 0 Å². The molecule has 0 saturated carbocycles. The van der Waals surface area contributed by atoms with Crippen molar-refractivity contribution in [1.29, 1.82) is 0 Å². The Labute approximate surface area is 152 Å². The maximum Gasteiger partial charge on any atom is 1.00 e. The molecule has 0 atom stereocenters. The molecule has 0 saturated heterocycles. The summed E-state index contributed by atoms with van der Waals surface area (Å²) in [5.41, 5.74) is 0. The van der Waals surface area contributed by atoms with Gasteiger partial charge in [0.25, 0.3) is 0 Å². The third-order valence-corrected chi connectivity index (χ3v) is 3.33. The number of amides is 1. The zero-order chi connectivity index (χ0) is 15.1. The van der Waals surface area contributed by atoms with Gasteiger partial charge in [0.2, 0.25) is 0 Å². The molecular formula is C16H30NNaO3. The molecule has 0 fully saturated rings. The molecule has 0 spiro atoms. The number of rotatable bonds is 13. The Balaban J connectivity index is 0. The molecule has 5 heteroatoms. The van der Waals surface area contributed by atoms with Crippen LogP contribution in [0.15, 0.2) is 0 Å². The number of nitrogens with zero attached hydrogens (tertiary/aromatic N) is 1. The fourth-order valence-corrected chi connectivity index (χ4v) is 2.04. The number of esters is 1. The second-order valence-corrected chi connectivity index (χ2v) is 5.18. The zero-order valence-corrected chi connectivity index (χ0v) is 16.2. The molecule has 0 unspecified atom stereocenters. The van der Waals surface area contributed by atoms with E-state index in [1.807, 2.05) is 0 Å². The van der Waals surface area contributed by atoms with Crippen LogP contribution in [-0.4, -0.2) is 25.5 Å². The topological polar surface area (TPSA) is 57.5 Å². The van der Waals surface area contributed by atoms with E-state index in [0.29, 0.717) is 6.42 Å². The first-order valence-corrected chi connectivity index (χ1v) is 7.97. The van der Waals surface area contributed by atoms with E-state index in [1.165, 1.54) is 52.1 Å². The molecular weight excluding hydrogens is 277 g/mol. The minimum Gasteiger partial charge on any atom is -0.653 e. The van der Waals surface area contributed by atoms with Gasteiger partial charge in [-0.25, -0.2) is 0 Å². The summed E-state index contributed by atoms with van der Waals surface area (Å²) in [5.74, 6) is -0.401. The molecule has 1 amide bonds. The van der Waals surface area contributed by atoms with Crippen LogP contribution >= 0.6 is 0 Å². The molecule has 0 aromatic rings. The molecule has 0 N–H and O–H groups in total. The van der Waals surface area contributed by atoms with Crippen LogP contribution < -0.4 is 29.6 Å². The quantitative estimate of drug-likeness (QED) is 0.293. The Morgan fingerprint density at radius 1 is 0.857 bits per heavy atom. The third-order valence-electron chi connectivity index (χ3n) is 3.33. The molecule has 0 heterocycles. The predicted octanol–water partition coefficient (Wildman–Crippen LogP) is 1.37. The summed E-state index contributed by atoms with van der Waals surface area (Å²) in [5, 5.41) is 3.84. The predicted molar refractivity (Wildman–Crippen MR) is 81.7 cm³/mol. The molecule has 0 aliphatic rings. The molecule has 21 heavy (non-hydrogen) atoms. The van der Waals surface area contributed by atoms with Crippen LogP contribution in [0.2, 0.25) is 0 Å². The summed E-state index contributed by atoms with van der Waals surface area (Å²) in [6.45, 7) is 2.48. The van der Waals surface area contributed by atoms with Crippen molar-refractivity contribution >= 4 is 11.9 Å². The summed E-state index contributed by atoms with van der Waals surface area (Å²) in [6.07, 6.45) is 11.9. The van der Waals surface area contributed by atoms with E-state index in [9.17, 15) is 9.59 Å². The Kier molecular flexibility index (Phi) is 19.9. The molecule has 0 aromatic carbocycles. The van der Waals surface area contributed by atoms with Gasteiger partial charge in [-0.05, 0) is 12.8 Å². The van der Waals surface area contributed by atoms with Crippen LogP contribution in [0.25, 0.3) is 5.32 Å². The standard InChI is InChI=1S/C16H31NO3.Na/c1-3-4-5-6-7-8-9-10-11-12-15(18)17-14-13-16(19)20-2;/h3-14H2,1-2H3,(H,17,18);/q;+1/p-1. The third kappa shape index (κ3) is 17.9. The average Bonchev–Trinajstić information content (AvgIpc) is 2.45. The minimum absolute atomic E-state index is 0. The van der Waals surface area contributed by atoms with Gasteiger partial charge >= 0.3 is 35.5 Å². The van der Waals surface area contributed by atoms with Crippen molar-refractivity contribution in [1.82, 2.24) is 0 Å². The Morgan fingerprint density at radius 3 is 1.90 bits per heavy atom. The van der Waals surface area contributed by atoms with Crippen molar-refractivity contribution < 1.29 is 43.9 Å². The van der Waals surface area contributed by atoms with Crippen LogP contribution in [0.5, 0.6) is 0 Å². The number of methoxy groups -OCH3 is 1. The van der Waals surface area contributed by atoms with Crippen molar-refractivity contribution in [2.45, 2.75) is 77.6 Å². The summed E-state index contributed by atoms with van der Waals surface area (Å²) in [7, 11) is 1.34. The smallest absolute Gasteiger partial charge is 0.653 e. The Morgan fingerprint density at radius 2 is 1.38 bits per heavy atom. The fourth-order valence-electron chi connectivity index (χ4n) is 2.04. The average molecular weight is 307 g/mol. The maximum absolute atomic E-state index is 11.4. The van der Waals surface area contributed by atoms with Gasteiger partial charge in [-0.1, -0.05) is 58.3 Å². The van der Waals surface area contributed by atoms with Gasteiger partial charge in [-0.3, -0.25) is 4.79 Å². The first-order valence-electron chi connectivity index (χ1n) is 7.97. The summed E-state index contributed by atoms with van der Waals surface area (Å²) in [4.78, 5) is 22.2. The van der Waals surface area contributed by atoms with E-state index in [1.54, 1.807) is 0 Å². The first kappa shape index (κ1) is 23.2. The zero-order valence-electron chi connectivity index (χ0n) is 14.2. The first-order chi connectivity index (χ1) is 9.70. The molecule has 0 aliphatic carbocycles. The van der Waals surface area contributed by atoms with Crippen LogP contribution in [0.3, 0.4) is 0 Å². The maximum atomic E-state index is 11.4. The van der Waals surface area contributed by atoms with E-state index in [2.05, 4.69) is 17.0 Å². The summed E-state index contributed by atoms with van der Waals surface area (Å²) >= 11 is 0. The van der Waals surface area contributed by atoms with Gasteiger partial charge in [0, 0.05) is 6.42 Å². The largest absolute Gasteiger partial charge is 1.00 e.